The SMILES string of the molecule is CCCN(Cc1ccccc1)C(=O)Cc1ccccc1N. The monoisotopic (exact) mass is 282 g/mol. The van der Waals surface area contributed by atoms with Crippen molar-refractivity contribution in [1.29, 1.82) is 0 Å². The van der Waals surface area contributed by atoms with Crippen molar-refractivity contribution < 1.29 is 4.79 Å². The van der Waals surface area contributed by atoms with E-state index >= 15 is 0 Å². The normalized spacial score (nSPS) is 10.3. The summed E-state index contributed by atoms with van der Waals surface area (Å²) < 4.78 is 0. The molecule has 1 amide bonds. The van der Waals surface area contributed by atoms with E-state index in [1.807, 2.05) is 59.5 Å². The standard InChI is InChI=1S/C18H22N2O/c1-2-12-20(14-15-8-4-3-5-9-15)18(21)13-16-10-6-7-11-17(16)19/h3-11H,2,12-14,19H2,1H3. The van der Waals surface area contributed by atoms with Gasteiger partial charge < -0.3 is 10.6 Å². The molecule has 0 atom stereocenters. The number of benzene rings is 2. The second-order valence-electron chi connectivity index (χ2n) is 5.18. The summed E-state index contributed by atoms with van der Waals surface area (Å²) in [5.41, 5.74) is 8.66. The first-order valence-electron chi connectivity index (χ1n) is 7.35. The van der Waals surface area contributed by atoms with Crippen molar-refractivity contribution >= 4 is 11.6 Å². The summed E-state index contributed by atoms with van der Waals surface area (Å²) in [6.07, 6.45) is 1.31. The van der Waals surface area contributed by atoms with Gasteiger partial charge in [0.05, 0.1) is 6.42 Å². The van der Waals surface area contributed by atoms with Crippen LogP contribution in [0.25, 0.3) is 0 Å². The lowest BCUT2D eigenvalue weighted by Crippen LogP contribution is -2.32. The van der Waals surface area contributed by atoms with E-state index in [1.165, 1.54) is 0 Å². The van der Waals surface area contributed by atoms with E-state index < -0.39 is 0 Å². The van der Waals surface area contributed by atoms with Crippen LogP contribution in [0.2, 0.25) is 0 Å². The van der Waals surface area contributed by atoms with Crippen molar-refractivity contribution in [2.45, 2.75) is 26.3 Å². The predicted molar refractivity (Wildman–Crippen MR) is 86.7 cm³/mol. The number of nitrogen functional groups attached to an aromatic ring is 1. The first-order chi connectivity index (χ1) is 10.2. The van der Waals surface area contributed by atoms with Crippen LogP contribution in [0.5, 0.6) is 0 Å². The van der Waals surface area contributed by atoms with Gasteiger partial charge in [-0.3, -0.25) is 4.79 Å². The molecule has 0 aliphatic rings. The van der Waals surface area contributed by atoms with Crippen LogP contribution in [0.4, 0.5) is 5.69 Å². The molecule has 0 bridgehead atoms. The highest BCUT2D eigenvalue weighted by Gasteiger charge is 2.14. The first-order valence-corrected chi connectivity index (χ1v) is 7.35. The Hall–Kier alpha value is -2.29. The zero-order valence-electron chi connectivity index (χ0n) is 12.5. The Bertz CT molecular complexity index is 581. The summed E-state index contributed by atoms with van der Waals surface area (Å²) in [6.45, 7) is 3.50. The van der Waals surface area contributed by atoms with Gasteiger partial charge >= 0.3 is 0 Å². The van der Waals surface area contributed by atoms with Crippen molar-refractivity contribution in [3.63, 3.8) is 0 Å². The number of nitrogens with two attached hydrogens (primary N) is 1. The molecule has 2 aromatic carbocycles. The van der Waals surface area contributed by atoms with Crippen LogP contribution < -0.4 is 5.73 Å². The first kappa shape index (κ1) is 15.1. The molecule has 0 saturated heterocycles. The molecule has 21 heavy (non-hydrogen) atoms. The summed E-state index contributed by atoms with van der Waals surface area (Å²) in [6, 6.07) is 17.6. The minimum absolute atomic E-state index is 0.124. The third-order valence-electron chi connectivity index (χ3n) is 3.46. The molecule has 0 heterocycles. The van der Waals surface area contributed by atoms with Crippen LogP contribution in [0.15, 0.2) is 54.6 Å². The van der Waals surface area contributed by atoms with Gasteiger partial charge in [0.1, 0.15) is 0 Å². The van der Waals surface area contributed by atoms with Crippen LogP contribution in [-0.4, -0.2) is 17.4 Å². The second-order valence-corrected chi connectivity index (χ2v) is 5.18. The zero-order valence-corrected chi connectivity index (χ0v) is 12.5. The lowest BCUT2D eigenvalue weighted by molar-refractivity contribution is -0.131. The summed E-state index contributed by atoms with van der Waals surface area (Å²) >= 11 is 0. The third-order valence-corrected chi connectivity index (χ3v) is 3.46. The highest BCUT2D eigenvalue weighted by molar-refractivity contribution is 5.80. The maximum atomic E-state index is 12.5. The topological polar surface area (TPSA) is 46.3 Å². The highest BCUT2D eigenvalue weighted by Crippen LogP contribution is 2.14. The van der Waals surface area contributed by atoms with E-state index in [9.17, 15) is 4.79 Å². The summed E-state index contributed by atoms with van der Waals surface area (Å²) in [5.74, 6) is 0.124. The Labute approximate surface area is 126 Å². The van der Waals surface area contributed by atoms with Crippen molar-refractivity contribution in [2.75, 3.05) is 12.3 Å². The number of hydrogen-bond donors (Lipinski definition) is 1. The van der Waals surface area contributed by atoms with E-state index in [0.717, 1.165) is 24.1 Å². The Morgan fingerprint density at radius 3 is 2.38 bits per heavy atom. The minimum Gasteiger partial charge on any atom is -0.398 e. The molecule has 3 nitrogen and oxygen atoms in total. The molecule has 0 radical (unpaired) electrons. The van der Waals surface area contributed by atoms with E-state index in [4.69, 9.17) is 5.73 Å². The molecule has 2 aromatic rings. The van der Waals surface area contributed by atoms with Crippen molar-refractivity contribution in [3.05, 3.63) is 65.7 Å². The molecule has 0 aliphatic heterocycles. The van der Waals surface area contributed by atoms with E-state index in [0.29, 0.717) is 18.7 Å². The van der Waals surface area contributed by atoms with Gasteiger partial charge in [-0.25, -0.2) is 0 Å². The van der Waals surface area contributed by atoms with Crippen molar-refractivity contribution in [2.24, 2.45) is 0 Å². The Morgan fingerprint density at radius 1 is 1.05 bits per heavy atom. The third kappa shape index (κ3) is 4.35. The average Bonchev–Trinajstić information content (AvgIpc) is 2.50. The molecule has 110 valence electrons. The van der Waals surface area contributed by atoms with Gasteiger partial charge in [-0.2, -0.15) is 0 Å². The van der Waals surface area contributed by atoms with E-state index in [1.54, 1.807) is 0 Å². The molecule has 0 aliphatic carbocycles. The maximum Gasteiger partial charge on any atom is 0.227 e. The number of para-hydroxylation sites is 1. The van der Waals surface area contributed by atoms with Gasteiger partial charge in [-0.1, -0.05) is 55.5 Å². The molecule has 0 spiro atoms. The van der Waals surface area contributed by atoms with Crippen LogP contribution in [-0.2, 0) is 17.8 Å². The van der Waals surface area contributed by atoms with Gasteiger partial charge in [0.25, 0.3) is 0 Å². The largest absolute Gasteiger partial charge is 0.398 e. The smallest absolute Gasteiger partial charge is 0.227 e. The average molecular weight is 282 g/mol. The lowest BCUT2D eigenvalue weighted by atomic mass is 10.1. The Kier molecular flexibility index (Phi) is 5.38. The summed E-state index contributed by atoms with van der Waals surface area (Å²) in [5, 5.41) is 0. The predicted octanol–water partition coefficient (Wildman–Crippen LogP) is 3.25. The van der Waals surface area contributed by atoms with Gasteiger partial charge in [-0.15, -0.1) is 0 Å². The fraction of sp³-hybridized carbons (Fsp3) is 0.278. The van der Waals surface area contributed by atoms with Gasteiger partial charge in [0, 0.05) is 18.8 Å². The summed E-state index contributed by atoms with van der Waals surface area (Å²) in [4.78, 5) is 14.4. The molecule has 0 unspecified atom stereocenters. The molecular weight excluding hydrogens is 260 g/mol. The molecule has 0 saturated carbocycles. The fourth-order valence-electron chi connectivity index (χ4n) is 2.34. The van der Waals surface area contributed by atoms with Crippen molar-refractivity contribution in [1.82, 2.24) is 4.90 Å². The maximum absolute atomic E-state index is 12.5. The van der Waals surface area contributed by atoms with E-state index in [2.05, 4.69) is 6.92 Å². The second kappa shape index (κ2) is 7.48. The number of carbonyl (C=O) groups is 1. The number of carbonyl (C=O) groups excluding carboxylic acids is 1. The lowest BCUT2D eigenvalue weighted by Gasteiger charge is -2.22. The Balaban J connectivity index is 2.07. The molecule has 2 N–H and O–H groups in total. The summed E-state index contributed by atoms with van der Waals surface area (Å²) in [7, 11) is 0. The number of amides is 1. The Morgan fingerprint density at radius 2 is 1.71 bits per heavy atom. The molecule has 0 fully saturated rings. The number of rotatable bonds is 6. The van der Waals surface area contributed by atoms with Crippen LogP contribution in [0.1, 0.15) is 24.5 Å². The number of nitrogens with zero attached hydrogens (tertiary/aromatic N) is 1. The van der Waals surface area contributed by atoms with Gasteiger partial charge in [-0.05, 0) is 23.6 Å². The minimum atomic E-state index is 0.124. The number of hydrogen-bond acceptors (Lipinski definition) is 2. The van der Waals surface area contributed by atoms with Crippen LogP contribution >= 0.6 is 0 Å². The van der Waals surface area contributed by atoms with Gasteiger partial charge in [0.2, 0.25) is 5.91 Å². The molecule has 0 aromatic heterocycles. The van der Waals surface area contributed by atoms with Crippen LogP contribution in [0.3, 0.4) is 0 Å². The number of anilines is 1. The molecule has 3 heteroatoms. The molecular formula is C18H22N2O. The van der Waals surface area contributed by atoms with E-state index in [-0.39, 0.29) is 5.91 Å². The fourth-order valence-corrected chi connectivity index (χ4v) is 2.34. The molecule has 2 rings (SSSR count). The highest BCUT2D eigenvalue weighted by atomic mass is 16.2. The zero-order chi connectivity index (χ0) is 15.1. The van der Waals surface area contributed by atoms with Crippen LogP contribution in [0, 0.1) is 0 Å². The quantitative estimate of drug-likeness (QED) is 0.827. The van der Waals surface area contributed by atoms with Gasteiger partial charge in [0.15, 0.2) is 0 Å². The van der Waals surface area contributed by atoms with Crippen molar-refractivity contribution in [3.8, 4) is 0 Å².